The first-order valence-electron chi connectivity index (χ1n) is 7.92. The summed E-state index contributed by atoms with van der Waals surface area (Å²) in [6.07, 6.45) is 1.59. The molecule has 0 heterocycles. The molecule has 2 amide bonds. The smallest absolute Gasteiger partial charge is 0.313 e. The van der Waals surface area contributed by atoms with Gasteiger partial charge in [0.1, 0.15) is 0 Å². The van der Waals surface area contributed by atoms with Crippen molar-refractivity contribution in [1.29, 1.82) is 0 Å². The standard InChI is InChI=1S/C17H26N2O5/c1-6-8-19(9-7-2)17(21)16(20)18-12-10-13(22-3)15(24-5)14(11-12)23-4/h10-11H,6-9H2,1-5H3,(H,18,20). The van der Waals surface area contributed by atoms with Crippen LogP contribution in [0.3, 0.4) is 0 Å². The lowest BCUT2D eigenvalue weighted by Gasteiger charge is -2.21. The molecule has 0 bridgehead atoms. The molecule has 1 aromatic carbocycles. The summed E-state index contributed by atoms with van der Waals surface area (Å²) >= 11 is 0. The Morgan fingerprint density at radius 1 is 0.958 bits per heavy atom. The second-order valence-electron chi connectivity index (χ2n) is 5.16. The minimum atomic E-state index is -0.689. The molecule has 1 N–H and O–H groups in total. The highest BCUT2D eigenvalue weighted by Gasteiger charge is 2.22. The van der Waals surface area contributed by atoms with Crippen LogP contribution in [0.4, 0.5) is 5.69 Å². The molecular formula is C17H26N2O5. The minimum Gasteiger partial charge on any atom is -0.493 e. The van der Waals surface area contributed by atoms with Crippen molar-refractivity contribution in [1.82, 2.24) is 4.90 Å². The van der Waals surface area contributed by atoms with Gasteiger partial charge in [-0.1, -0.05) is 13.8 Å². The van der Waals surface area contributed by atoms with E-state index in [1.165, 1.54) is 21.3 Å². The van der Waals surface area contributed by atoms with E-state index in [9.17, 15) is 9.59 Å². The van der Waals surface area contributed by atoms with Gasteiger partial charge in [0.05, 0.1) is 21.3 Å². The number of anilines is 1. The van der Waals surface area contributed by atoms with Gasteiger partial charge in [0.15, 0.2) is 11.5 Å². The maximum atomic E-state index is 12.3. The zero-order chi connectivity index (χ0) is 18.1. The molecule has 24 heavy (non-hydrogen) atoms. The second-order valence-corrected chi connectivity index (χ2v) is 5.16. The zero-order valence-electron chi connectivity index (χ0n) is 15.0. The molecule has 134 valence electrons. The lowest BCUT2D eigenvalue weighted by atomic mass is 10.2. The number of hydrogen-bond acceptors (Lipinski definition) is 5. The van der Waals surface area contributed by atoms with Gasteiger partial charge in [0.25, 0.3) is 0 Å². The Balaban J connectivity index is 2.99. The molecule has 0 radical (unpaired) electrons. The van der Waals surface area contributed by atoms with E-state index in [0.29, 0.717) is 36.0 Å². The Bertz CT molecular complexity index is 543. The number of benzene rings is 1. The maximum absolute atomic E-state index is 12.3. The van der Waals surface area contributed by atoms with Gasteiger partial charge in [-0.05, 0) is 12.8 Å². The summed E-state index contributed by atoms with van der Waals surface area (Å²) in [7, 11) is 4.46. The lowest BCUT2D eigenvalue weighted by Crippen LogP contribution is -2.40. The molecule has 0 spiro atoms. The third-order valence-electron chi connectivity index (χ3n) is 3.39. The van der Waals surface area contributed by atoms with Crippen molar-refractivity contribution in [2.24, 2.45) is 0 Å². The van der Waals surface area contributed by atoms with E-state index in [1.54, 1.807) is 17.0 Å². The molecule has 0 saturated carbocycles. The van der Waals surface area contributed by atoms with E-state index < -0.39 is 11.8 Å². The van der Waals surface area contributed by atoms with Gasteiger partial charge in [0.2, 0.25) is 5.75 Å². The highest BCUT2D eigenvalue weighted by atomic mass is 16.5. The molecule has 0 aliphatic carbocycles. The number of rotatable bonds is 8. The lowest BCUT2D eigenvalue weighted by molar-refractivity contribution is -0.143. The third kappa shape index (κ3) is 4.78. The Morgan fingerprint density at radius 2 is 1.46 bits per heavy atom. The topological polar surface area (TPSA) is 77.1 Å². The van der Waals surface area contributed by atoms with Gasteiger partial charge in [-0.25, -0.2) is 0 Å². The summed E-state index contributed by atoms with van der Waals surface area (Å²) in [5, 5.41) is 2.59. The van der Waals surface area contributed by atoms with E-state index >= 15 is 0 Å². The normalized spacial score (nSPS) is 10.0. The molecule has 1 rings (SSSR count). The molecule has 0 aliphatic rings. The first-order valence-corrected chi connectivity index (χ1v) is 7.92. The summed E-state index contributed by atoms with van der Waals surface area (Å²) < 4.78 is 15.7. The largest absolute Gasteiger partial charge is 0.493 e. The average molecular weight is 338 g/mol. The predicted molar refractivity (Wildman–Crippen MR) is 91.9 cm³/mol. The van der Waals surface area contributed by atoms with Crippen LogP contribution in [0.25, 0.3) is 0 Å². The van der Waals surface area contributed by atoms with Crippen molar-refractivity contribution >= 4 is 17.5 Å². The number of hydrogen-bond donors (Lipinski definition) is 1. The summed E-state index contributed by atoms with van der Waals surface area (Å²) in [5.41, 5.74) is 0.399. The van der Waals surface area contributed by atoms with Gasteiger partial charge in [-0.15, -0.1) is 0 Å². The average Bonchev–Trinajstić information content (AvgIpc) is 2.59. The summed E-state index contributed by atoms with van der Waals surface area (Å²) in [5.74, 6) is -0.0151. The van der Waals surface area contributed by atoms with Crippen LogP contribution in [-0.4, -0.2) is 51.1 Å². The van der Waals surface area contributed by atoms with Gasteiger partial charge in [-0.3, -0.25) is 9.59 Å². The predicted octanol–water partition coefficient (Wildman–Crippen LogP) is 2.30. The molecule has 0 atom stereocenters. The van der Waals surface area contributed by atoms with Crippen LogP contribution < -0.4 is 19.5 Å². The van der Waals surface area contributed by atoms with Crippen LogP contribution >= 0.6 is 0 Å². The molecule has 1 aromatic rings. The maximum Gasteiger partial charge on any atom is 0.313 e. The van der Waals surface area contributed by atoms with Crippen LogP contribution in [0.5, 0.6) is 17.2 Å². The first kappa shape index (κ1) is 19.6. The highest BCUT2D eigenvalue weighted by molar-refractivity contribution is 6.39. The van der Waals surface area contributed by atoms with Crippen molar-refractivity contribution in [2.75, 3.05) is 39.7 Å². The van der Waals surface area contributed by atoms with Crippen LogP contribution in [0.1, 0.15) is 26.7 Å². The highest BCUT2D eigenvalue weighted by Crippen LogP contribution is 2.39. The van der Waals surface area contributed by atoms with E-state index in [0.717, 1.165) is 12.8 Å². The summed E-state index contributed by atoms with van der Waals surface area (Å²) in [4.78, 5) is 26.1. The van der Waals surface area contributed by atoms with Crippen LogP contribution in [0.2, 0.25) is 0 Å². The van der Waals surface area contributed by atoms with Crippen molar-refractivity contribution in [2.45, 2.75) is 26.7 Å². The third-order valence-corrected chi connectivity index (χ3v) is 3.39. The van der Waals surface area contributed by atoms with Gasteiger partial charge < -0.3 is 24.4 Å². The molecule has 0 unspecified atom stereocenters. The van der Waals surface area contributed by atoms with E-state index in [4.69, 9.17) is 14.2 Å². The molecule has 0 fully saturated rings. The molecule has 7 heteroatoms. The van der Waals surface area contributed by atoms with Crippen molar-refractivity contribution in [3.05, 3.63) is 12.1 Å². The Hall–Kier alpha value is -2.44. The fourth-order valence-corrected chi connectivity index (χ4v) is 2.34. The van der Waals surface area contributed by atoms with Gasteiger partial charge >= 0.3 is 11.8 Å². The number of ether oxygens (including phenoxy) is 3. The number of methoxy groups -OCH3 is 3. The van der Waals surface area contributed by atoms with Crippen molar-refractivity contribution in [3.8, 4) is 17.2 Å². The zero-order valence-corrected chi connectivity index (χ0v) is 15.0. The molecule has 0 aromatic heterocycles. The quantitative estimate of drug-likeness (QED) is 0.736. The molecule has 7 nitrogen and oxygen atoms in total. The Morgan fingerprint density at radius 3 is 1.83 bits per heavy atom. The van der Waals surface area contributed by atoms with Crippen molar-refractivity contribution in [3.63, 3.8) is 0 Å². The fraction of sp³-hybridized carbons (Fsp3) is 0.529. The van der Waals surface area contributed by atoms with Crippen molar-refractivity contribution < 1.29 is 23.8 Å². The summed E-state index contributed by atoms with van der Waals surface area (Å²) in [6, 6.07) is 3.16. The van der Waals surface area contributed by atoms with Crippen LogP contribution in [0.15, 0.2) is 12.1 Å². The summed E-state index contributed by atoms with van der Waals surface area (Å²) in [6.45, 7) is 5.03. The molecule has 0 aliphatic heterocycles. The number of nitrogens with zero attached hydrogens (tertiary/aromatic N) is 1. The molecule has 0 saturated heterocycles. The number of amides is 2. The van der Waals surface area contributed by atoms with E-state index in [-0.39, 0.29) is 0 Å². The SMILES string of the molecule is CCCN(CCC)C(=O)C(=O)Nc1cc(OC)c(OC)c(OC)c1. The number of carbonyl (C=O) groups is 2. The molecular weight excluding hydrogens is 312 g/mol. The fourth-order valence-electron chi connectivity index (χ4n) is 2.34. The second kappa shape index (κ2) is 9.64. The van der Waals surface area contributed by atoms with E-state index in [1.807, 2.05) is 13.8 Å². The van der Waals surface area contributed by atoms with E-state index in [2.05, 4.69) is 5.32 Å². The number of carbonyl (C=O) groups excluding carboxylic acids is 2. The van der Waals surface area contributed by atoms with Crippen LogP contribution in [-0.2, 0) is 9.59 Å². The Kier molecular flexibility index (Phi) is 7.88. The van der Waals surface area contributed by atoms with Crippen LogP contribution in [0, 0.1) is 0 Å². The van der Waals surface area contributed by atoms with Gasteiger partial charge in [0, 0.05) is 30.9 Å². The monoisotopic (exact) mass is 338 g/mol. The number of nitrogens with one attached hydrogen (secondary N) is 1. The van der Waals surface area contributed by atoms with Gasteiger partial charge in [-0.2, -0.15) is 0 Å². The minimum absolute atomic E-state index is 0.399. The first-order chi connectivity index (χ1) is 11.5. The Labute approximate surface area is 142 Å².